The normalized spacial score (nSPS) is 11.6. The first-order valence-electron chi connectivity index (χ1n) is 3.99. The van der Waals surface area contributed by atoms with Crippen LogP contribution in [0.2, 0.25) is 0 Å². The Hall–Kier alpha value is -0.190. The van der Waals surface area contributed by atoms with Crippen molar-refractivity contribution in [3.63, 3.8) is 0 Å². The van der Waals surface area contributed by atoms with Crippen molar-refractivity contribution in [3.05, 3.63) is 35.4 Å². The predicted octanol–water partition coefficient (Wildman–Crippen LogP) is 2.62. The van der Waals surface area contributed by atoms with E-state index in [0.29, 0.717) is 11.6 Å². The minimum Gasteiger partial charge on any atom is -0.218 e. The highest BCUT2D eigenvalue weighted by molar-refractivity contribution is 8.71. The first-order chi connectivity index (χ1) is 6.51. The minimum absolute atomic E-state index is 0.486. The van der Waals surface area contributed by atoms with Crippen molar-refractivity contribution in [2.24, 2.45) is 0 Å². The molecule has 0 unspecified atom stereocenters. The van der Waals surface area contributed by atoms with Gasteiger partial charge in [0.25, 0.3) is 0 Å². The van der Waals surface area contributed by atoms with Gasteiger partial charge in [0.1, 0.15) is 0 Å². The zero-order chi connectivity index (χ0) is 10.6. The number of rotatable bonds is 4. The Kier molecular flexibility index (Phi) is 4.29. The summed E-state index contributed by atoms with van der Waals surface area (Å²) in [6, 6.07) is 7.61. The molecule has 2 nitrogen and oxygen atoms in total. The van der Waals surface area contributed by atoms with Crippen LogP contribution in [0.25, 0.3) is 0 Å². The van der Waals surface area contributed by atoms with Gasteiger partial charge < -0.3 is 0 Å². The Morgan fingerprint density at radius 1 is 1.21 bits per heavy atom. The lowest BCUT2D eigenvalue weighted by Gasteiger charge is -2.00. The largest absolute Gasteiger partial charge is 0.218 e. The average molecular weight is 251 g/mol. The fraction of sp³-hybridized carbons (Fsp3) is 0.333. The van der Waals surface area contributed by atoms with Crippen LogP contribution >= 0.6 is 22.4 Å². The molecule has 0 spiro atoms. The summed E-state index contributed by atoms with van der Waals surface area (Å²) in [6.45, 7) is 0. The van der Waals surface area contributed by atoms with Crippen molar-refractivity contribution in [1.29, 1.82) is 0 Å². The van der Waals surface area contributed by atoms with Crippen LogP contribution in [0.4, 0.5) is 0 Å². The summed E-state index contributed by atoms with van der Waals surface area (Å²) in [5.74, 6) is 0.973. The number of hydrogen-bond acceptors (Lipinski definition) is 3. The van der Waals surface area contributed by atoms with E-state index in [1.165, 1.54) is 6.26 Å². The van der Waals surface area contributed by atoms with E-state index in [1.807, 2.05) is 24.3 Å². The molecule has 0 saturated carbocycles. The van der Waals surface area contributed by atoms with Crippen LogP contribution in [0.3, 0.4) is 0 Å². The molecule has 1 aromatic rings. The van der Waals surface area contributed by atoms with Gasteiger partial charge in [-0.05, 0) is 21.9 Å². The molecule has 0 saturated heterocycles. The fourth-order valence-corrected chi connectivity index (χ4v) is 2.67. The first kappa shape index (κ1) is 11.9. The van der Waals surface area contributed by atoms with Gasteiger partial charge in [0, 0.05) is 17.9 Å². The molecule has 0 radical (unpaired) electrons. The molecule has 0 N–H and O–H groups in total. The van der Waals surface area contributed by atoms with Crippen LogP contribution in [0.5, 0.6) is 0 Å². The van der Waals surface area contributed by atoms with Crippen LogP contribution in [0.1, 0.15) is 11.1 Å². The Balaban J connectivity index is 2.61. The maximum absolute atomic E-state index is 10.9. The molecule has 78 valence electrons. The highest BCUT2D eigenvalue weighted by Crippen LogP contribution is 2.18. The summed E-state index contributed by atoms with van der Waals surface area (Å²) in [4.78, 5) is 0. The fourth-order valence-electron chi connectivity index (χ4n) is 0.900. The van der Waals surface area contributed by atoms with E-state index in [2.05, 4.69) is 0 Å². The van der Waals surface area contributed by atoms with Crippen LogP contribution < -0.4 is 0 Å². The number of alkyl halides is 1. The summed E-state index contributed by atoms with van der Waals surface area (Å²) in [5.41, 5.74) is 2.04. The zero-order valence-electron chi connectivity index (χ0n) is 7.73. The van der Waals surface area contributed by atoms with Gasteiger partial charge in [0.15, 0.2) is 8.87 Å². The van der Waals surface area contributed by atoms with Crippen molar-refractivity contribution in [2.75, 3.05) is 6.26 Å². The monoisotopic (exact) mass is 250 g/mol. The molecular weight excluding hydrogens is 240 g/mol. The second-order valence-electron chi connectivity index (χ2n) is 2.92. The number of halogens is 1. The van der Waals surface area contributed by atoms with E-state index in [1.54, 1.807) is 0 Å². The van der Waals surface area contributed by atoms with E-state index in [4.69, 9.17) is 11.6 Å². The lowest BCUT2D eigenvalue weighted by Crippen LogP contribution is -1.90. The average Bonchev–Trinajstić information content (AvgIpc) is 2.14. The van der Waals surface area contributed by atoms with Crippen molar-refractivity contribution in [3.8, 4) is 0 Å². The summed E-state index contributed by atoms with van der Waals surface area (Å²) in [7, 11) is -2.01. The van der Waals surface area contributed by atoms with Crippen LogP contribution in [0.15, 0.2) is 24.3 Å². The van der Waals surface area contributed by atoms with Gasteiger partial charge in [-0.15, -0.1) is 11.6 Å². The van der Waals surface area contributed by atoms with Gasteiger partial charge in [-0.1, -0.05) is 24.3 Å². The van der Waals surface area contributed by atoms with E-state index in [0.717, 1.165) is 21.9 Å². The molecule has 1 rings (SSSR count). The summed E-state index contributed by atoms with van der Waals surface area (Å²) < 4.78 is 21.7. The maximum atomic E-state index is 10.9. The van der Waals surface area contributed by atoms with Crippen molar-refractivity contribution >= 4 is 31.3 Å². The first-order valence-corrected chi connectivity index (χ1v) is 7.92. The molecule has 0 heterocycles. The summed E-state index contributed by atoms with van der Waals surface area (Å²) >= 11 is 5.63. The molecule has 0 amide bonds. The molecule has 0 aliphatic rings. The van der Waals surface area contributed by atoms with E-state index in [9.17, 15) is 8.42 Å². The second-order valence-corrected chi connectivity index (χ2v) is 7.64. The highest BCUT2D eigenvalue weighted by atomic mass is 35.5. The van der Waals surface area contributed by atoms with Crippen molar-refractivity contribution in [1.82, 2.24) is 0 Å². The van der Waals surface area contributed by atoms with Gasteiger partial charge in [-0.3, -0.25) is 0 Å². The van der Waals surface area contributed by atoms with Gasteiger partial charge >= 0.3 is 0 Å². The third kappa shape index (κ3) is 4.35. The molecule has 0 aromatic heterocycles. The van der Waals surface area contributed by atoms with Gasteiger partial charge in [0.05, 0.1) is 0 Å². The molecule has 1 aromatic carbocycles. The lowest BCUT2D eigenvalue weighted by atomic mass is 10.2. The number of benzene rings is 1. The van der Waals surface area contributed by atoms with Crippen molar-refractivity contribution < 1.29 is 8.42 Å². The molecule has 14 heavy (non-hydrogen) atoms. The Morgan fingerprint density at radius 3 is 2.14 bits per heavy atom. The maximum Gasteiger partial charge on any atom is 0.199 e. The smallest absolute Gasteiger partial charge is 0.199 e. The van der Waals surface area contributed by atoms with Crippen molar-refractivity contribution in [2.45, 2.75) is 11.6 Å². The molecular formula is C9H11ClO2S2. The summed E-state index contributed by atoms with van der Waals surface area (Å²) in [5, 5.41) is 0. The Bertz CT molecular complexity index is 384. The van der Waals surface area contributed by atoms with Gasteiger partial charge in [-0.2, -0.15) is 0 Å². The molecule has 0 atom stereocenters. The zero-order valence-corrected chi connectivity index (χ0v) is 10.1. The van der Waals surface area contributed by atoms with Gasteiger partial charge in [0.2, 0.25) is 0 Å². The minimum atomic E-state index is -2.95. The van der Waals surface area contributed by atoms with Gasteiger partial charge in [-0.25, -0.2) is 8.42 Å². The lowest BCUT2D eigenvalue weighted by molar-refractivity contribution is 0.615. The summed E-state index contributed by atoms with van der Waals surface area (Å²) in [6.07, 6.45) is 1.21. The molecule has 0 fully saturated rings. The van der Waals surface area contributed by atoms with Crippen LogP contribution in [0, 0.1) is 0 Å². The third-order valence-electron chi connectivity index (χ3n) is 1.62. The topological polar surface area (TPSA) is 34.1 Å². The quantitative estimate of drug-likeness (QED) is 0.609. The van der Waals surface area contributed by atoms with Crippen LogP contribution in [-0.4, -0.2) is 14.7 Å². The second kappa shape index (κ2) is 5.05. The number of hydrogen-bond donors (Lipinski definition) is 0. The molecule has 0 bridgehead atoms. The standard InChI is InChI=1S/C9H11ClO2S2/c1-14(11,12)13-7-9-4-2-8(6-10)3-5-9/h2-5H,6-7H2,1H3. The van der Waals surface area contributed by atoms with E-state index < -0.39 is 8.87 Å². The Labute approximate surface area is 93.0 Å². The highest BCUT2D eigenvalue weighted by Gasteiger charge is 2.03. The molecule has 0 aliphatic carbocycles. The Morgan fingerprint density at radius 2 is 1.71 bits per heavy atom. The van der Waals surface area contributed by atoms with E-state index >= 15 is 0 Å². The molecule has 5 heteroatoms. The SMILES string of the molecule is CS(=O)(=O)SCc1ccc(CCl)cc1. The van der Waals surface area contributed by atoms with Crippen LogP contribution in [-0.2, 0) is 20.5 Å². The predicted molar refractivity (Wildman–Crippen MR) is 62.1 cm³/mol. The van der Waals surface area contributed by atoms with E-state index in [-0.39, 0.29) is 0 Å². The third-order valence-corrected chi connectivity index (χ3v) is 4.44. The molecule has 0 aliphatic heterocycles.